The lowest BCUT2D eigenvalue weighted by molar-refractivity contribution is 0.216. The number of ether oxygens (including phenoxy) is 3. The molecule has 1 aliphatic rings. The van der Waals surface area contributed by atoms with E-state index >= 15 is 0 Å². The number of methoxy groups -OCH3 is 2. The fourth-order valence-corrected chi connectivity index (χ4v) is 3.76. The van der Waals surface area contributed by atoms with Crippen LogP contribution in [-0.2, 0) is 13.1 Å². The van der Waals surface area contributed by atoms with Gasteiger partial charge in [-0.2, -0.15) is 0 Å². The highest BCUT2D eigenvalue weighted by atomic mass is 19.1. The molecule has 3 aromatic carbocycles. The number of halogens is 1. The normalized spacial score (nSPS) is 13.9. The van der Waals surface area contributed by atoms with Gasteiger partial charge in [-0.3, -0.25) is 4.90 Å². The molecule has 0 amide bonds. The van der Waals surface area contributed by atoms with Gasteiger partial charge in [-0.25, -0.2) is 4.39 Å². The van der Waals surface area contributed by atoms with E-state index in [9.17, 15) is 4.39 Å². The van der Waals surface area contributed by atoms with Crippen LogP contribution in [0.25, 0.3) is 11.1 Å². The lowest BCUT2D eigenvalue weighted by atomic mass is 10.0. The van der Waals surface area contributed by atoms with E-state index in [2.05, 4.69) is 11.0 Å². The highest BCUT2D eigenvalue weighted by molar-refractivity contribution is 5.74. The molecule has 29 heavy (non-hydrogen) atoms. The Hall–Kier alpha value is -3.05. The first-order valence-electron chi connectivity index (χ1n) is 9.62. The first-order valence-corrected chi connectivity index (χ1v) is 9.62. The van der Waals surface area contributed by atoms with E-state index in [-0.39, 0.29) is 5.82 Å². The molecule has 0 saturated carbocycles. The second-order valence-electron chi connectivity index (χ2n) is 7.06. The van der Waals surface area contributed by atoms with Crippen molar-refractivity contribution in [1.82, 2.24) is 4.90 Å². The van der Waals surface area contributed by atoms with Gasteiger partial charge in [0.2, 0.25) is 0 Å². The summed E-state index contributed by atoms with van der Waals surface area (Å²) in [5.74, 6) is 2.07. The van der Waals surface area contributed by atoms with Crippen molar-refractivity contribution >= 4 is 0 Å². The third kappa shape index (κ3) is 4.20. The third-order valence-electron chi connectivity index (χ3n) is 5.11. The Bertz CT molecular complexity index is 1010. The third-order valence-corrected chi connectivity index (χ3v) is 5.11. The highest BCUT2D eigenvalue weighted by Crippen LogP contribution is 2.40. The van der Waals surface area contributed by atoms with E-state index < -0.39 is 0 Å². The predicted molar refractivity (Wildman–Crippen MR) is 111 cm³/mol. The van der Waals surface area contributed by atoms with Gasteiger partial charge in [0.15, 0.2) is 11.5 Å². The second-order valence-corrected chi connectivity index (χ2v) is 7.06. The molecule has 3 aromatic rings. The smallest absolute Gasteiger partial charge is 0.165 e. The molecule has 5 heteroatoms. The number of nitrogens with zero attached hydrogens (tertiary/aromatic N) is 1. The summed E-state index contributed by atoms with van der Waals surface area (Å²) in [6.07, 6.45) is 0. The molecule has 150 valence electrons. The van der Waals surface area contributed by atoms with Gasteiger partial charge >= 0.3 is 0 Å². The van der Waals surface area contributed by atoms with Crippen LogP contribution in [0.1, 0.15) is 11.1 Å². The maximum absolute atomic E-state index is 13.6. The average Bonchev–Trinajstić information content (AvgIpc) is 2.94. The van der Waals surface area contributed by atoms with E-state index in [1.807, 2.05) is 36.4 Å². The average molecular weight is 393 g/mol. The second kappa shape index (κ2) is 8.53. The molecule has 4 rings (SSSR count). The van der Waals surface area contributed by atoms with Gasteiger partial charge in [-0.05, 0) is 41.5 Å². The summed E-state index contributed by atoms with van der Waals surface area (Å²) < 4.78 is 30.8. The summed E-state index contributed by atoms with van der Waals surface area (Å²) in [5.41, 5.74) is 3.99. The lowest BCUT2D eigenvalue weighted by Gasteiger charge is -2.20. The first-order chi connectivity index (χ1) is 14.2. The zero-order valence-electron chi connectivity index (χ0n) is 16.7. The summed E-state index contributed by atoms with van der Waals surface area (Å²) in [6, 6.07) is 18.8. The molecule has 0 bridgehead atoms. The molecule has 0 radical (unpaired) electrons. The molecule has 0 saturated heterocycles. The number of benzene rings is 3. The zero-order chi connectivity index (χ0) is 20.2. The lowest BCUT2D eigenvalue weighted by Crippen LogP contribution is -2.25. The van der Waals surface area contributed by atoms with Gasteiger partial charge in [-0.1, -0.05) is 30.3 Å². The largest absolute Gasteiger partial charge is 0.496 e. The minimum absolute atomic E-state index is 0.214. The van der Waals surface area contributed by atoms with Gasteiger partial charge < -0.3 is 14.2 Å². The van der Waals surface area contributed by atoms with Gasteiger partial charge in [0.05, 0.1) is 14.2 Å². The number of hydrogen-bond donors (Lipinski definition) is 0. The summed E-state index contributed by atoms with van der Waals surface area (Å²) in [7, 11) is 3.32. The molecule has 0 fully saturated rings. The van der Waals surface area contributed by atoms with Crippen LogP contribution in [0.4, 0.5) is 4.39 Å². The molecule has 1 heterocycles. The number of hydrogen-bond acceptors (Lipinski definition) is 4. The topological polar surface area (TPSA) is 30.9 Å². The van der Waals surface area contributed by atoms with Crippen molar-refractivity contribution in [2.24, 2.45) is 0 Å². The summed E-state index contributed by atoms with van der Waals surface area (Å²) in [4.78, 5) is 2.26. The minimum atomic E-state index is -0.214. The number of fused-ring (bicyclic) bond motifs is 1. The van der Waals surface area contributed by atoms with E-state index in [1.165, 1.54) is 6.07 Å². The molecule has 0 aromatic heterocycles. The molecule has 1 aliphatic heterocycles. The van der Waals surface area contributed by atoms with Gasteiger partial charge in [-0.15, -0.1) is 0 Å². The first kappa shape index (κ1) is 19.3. The summed E-state index contributed by atoms with van der Waals surface area (Å²) in [6.45, 7) is 2.64. The van der Waals surface area contributed by atoms with Crippen molar-refractivity contribution < 1.29 is 18.6 Å². The maximum atomic E-state index is 13.6. The summed E-state index contributed by atoms with van der Waals surface area (Å²) >= 11 is 0. The van der Waals surface area contributed by atoms with Crippen LogP contribution < -0.4 is 14.2 Å². The van der Waals surface area contributed by atoms with Gasteiger partial charge in [0, 0.05) is 30.8 Å². The van der Waals surface area contributed by atoms with Gasteiger partial charge in [0.25, 0.3) is 0 Å². The quantitative estimate of drug-likeness (QED) is 0.617. The molecule has 0 spiro atoms. The predicted octanol–water partition coefficient (Wildman–Crippen LogP) is 4.90. The van der Waals surface area contributed by atoms with E-state index in [4.69, 9.17) is 14.2 Å². The van der Waals surface area contributed by atoms with Crippen LogP contribution in [0.2, 0.25) is 0 Å². The van der Waals surface area contributed by atoms with Crippen molar-refractivity contribution in [2.45, 2.75) is 13.1 Å². The van der Waals surface area contributed by atoms with E-state index in [1.54, 1.807) is 26.4 Å². The monoisotopic (exact) mass is 393 g/mol. The zero-order valence-corrected chi connectivity index (χ0v) is 16.7. The Kier molecular flexibility index (Phi) is 5.67. The minimum Gasteiger partial charge on any atom is -0.496 e. The van der Waals surface area contributed by atoms with Gasteiger partial charge in [0.1, 0.15) is 18.2 Å². The Labute approximate surface area is 170 Å². The van der Waals surface area contributed by atoms with Crippen LogP contribution in [0.5, 0.6) is 17.2 Å². The van der Waals surface area contributed by atoms with Crippen LogP contribution in [-0.4, -0.2) is 32.3 Å². The highest BCUT2D eigenvalue weighted by Gasteiger charge is 2.21. The van der Waals surface area contributed by atoms with E-state index in [0.717, 1.165) is 40.3 Å². The van der Waals surface area contributed by atoms with Crippen LogP contribution in [0.3, 0.4) is 0 Å². The van der Waals surface area contributed by atoms with E-state index in [0.29, 0.717) is 25.4 Å². The van der Waals surface area contributed by atoms with Crippen LogP contribution in [0, 0.1) is 5.82 Å². The van der Waals surface area contributed by atoms with Crippen LogP contribution in [0.15, 0.2) is 60.7 Å². The van der Waals surface area contributed by atoms with Crippen molar-refractivity contribution in [3.63, 3.8) is 0 Å². The molecular weight excluding hydrogens is 369 g/mol. The maximum Gasteiger partial charge on any atom is 0.165 e. The summed E-state index contributed by atoms with van der Waals surface area (Å²) in [5, 5.41) is 0. The number of para-hydroxylation sites is 1. The van der Waals surface area contributed by atoms with Crippen LogP contribution >= 0.6 is 0 Å². The Morgan fingerprint density at radius 2 is 1.79 bits per heavy atom. The molecule has 0 unspecified atom stereocenters. The Morgan fingerprint density at radius 3 is 2.59 bits per heavy atom. The molecule has 0 aliphatic carbocycles. The number of rotatable bonds is 5. The standard InChI is InChI=1S/C24H24FNO3/c1-27-22-9-4-3-8-21(22)18-13-19-16-26(15-17-6-5-7-20(25)12-17)10-11-29-24(19)23(14-18)28-2/h3-9,12-14H,10-11,15-16H2,1-2H3. The van der Waals surface area contributed by atoms with Crippen molar-refractivity contribution in [3.8, 4) is 28.4 Å². The molecule has 0 N–H and O–H groups in total. The molecular formula is C24H24FNO3. The van der Waals surface area contributed by atoms with Crippen molar-refractivity contribution in [2.75, 3.05) is 27.4 Å². The van der Waals surface area contributed by atoms with Crippen molar-refractivity contribution in [1.29, 1.82) is 0 Å². The Balaban J connectivity index is 1.69. The Morgan fingerprint density at radius 1 is 0.966 bits per heavy atom. The fraction of sp³-hybridized carbons (Fsp3) is 0.250. The SMILES string of the molecule is COc1ccccc1-c1cc2c(c(OC)c1)OCCN(Cc1cccc(F)c1)C2. The molecule has 4 nitrogen and oxygen atoms in total. The van der Waals surface area contributed by atoms with Crippen molar-refractivity contribution in [3.05, 3.63) is 77.6 Å². The molecule has 0 atom stereocenters. The fourth-order valence-electron chi connectivity index (χ4n) is 3.76.